The SMILES string of the molecule is CC(=O)N1CCCN(Cc2ccccc2)CCN(C(=O)c2ccc(-c3ncn[nH]3)cc2)Cc2ccccc21. The molecule has 0 unspecified atom stereocenters. The van der Waals surface area contributed by atoms with Gasteiger partial charge in [-0.2, -0.15) is 5.10 Å². The molecule has 194 valence electrons. The summed E-state index contributed by atoms with van der Waals surface area (Å²) < 4.78 is 0. The number of aromatic amines is 1. The third-order valence-electron chi connectivity index (χ3n) is 6.92. The molecule has 1 aliphatic rings. The van der Waals surface area contributed by atoms with E-state index in [1.54, 1.807) is 6.92 Å². The lowest BCUT2D eigenvalue weighted by atomic mass is 10.1. The molecule has 0 saturated carbocycles. The maximum absolute atomic E-state index is 13.8. The zero-order valence-electron chi connectivity index (χ0n) is 21.6. The molecule has 1 aliphatic heterocycles. The fourth-order valence-corrected chi connectivity index (χ4v) is 4.94. The van der Waals surface area contributed by atoms with E-state index in [1.165, 1.54) is 11.9 Å². The summed E-state index contributed by atoms with van der Waals surface area (Å²) in [6.07, 6.45) is 2.31. The van der Waals surface area contributed by atoms with Gasteiger partial charge in [0.2, 0.25) is 5.91 Å². The number of anilines is 1. The zero-order valence-corrected chi connectivity index (χ0v) is 21.6. The first-order chi connectivity index (χ1) is 18.6. The monoisotopic (exact) mass is 508 g/mol. The maximum Gasteiger partial charge on any atom is 0.254 e. The lowest BCUT2D eigenvalue weighted by molar-refractivity contribution is -0.116. The molecule has 3 aromatic carbocycles. The van der Waals surface area contributed by atoms with Gasteiger partial charge in [0.15, 0.2) is 5.82 Å². The van der Waals surface area contributed by atoms with E-state index in [1.807, 2.05) is 76.5 Å². The molecular weight excluding hydrogens is 476 g/mol. The van der Waals surface area contributed by atoms with E-state index in [0.29, 0.717) is 31.0 Å². The van der Waals surface area contributed by atoms with Crippen LogP contribution in [0.1, 0.15) is 34.8 Å². The second-order valence-corrected chi connectivity index (χ2v) is 9.55. The van der Waals surface area contributed by atoms with Crippen molar-refractivity contribution in [1.82, 2.24) is 25.0 Å². The van der Waals surface area contributed by atoms with Gasteiger partial charge in [-0.05, 0) is 35.7 Å². The molecule has 2 amide bonds. The summed E-state index contributed by atoms with van der Waals surface area (Å²) in [5.74, 6) is 0.624. The Labute approximate surface area is 222 Å². The predicted octanol–water partition coefficient (Wildman–Crippen LogP) is 4.37. The van der Waals surface area contributed by atoms with Crippen LogP contribution in [0.15, 0.2) is 85.2 Å². The highest BCUT2D eigenvalue weighted by Gasteiger charge is 2.23. The van der Waals surface area contributed by atoms with Crippen LogP contribution < -0.4 is 4.90 Å². The predicted molar refractivity (Wildman–Crippen MR) is 147 cm³/mol. The summed E-state index contributed by atoms with van der Waals surface area (Å²) in [5, 5.41) is 6.76. The molecule has 2 heterocycles. The summed E-state index contributed by atoms with van der Waals surface area (Å²) in [6.45, 7) is 5.59. The average molecular weight is 509 g/mol. The smallest absolute Gasteiger partial charge is 0.254 e. The number of carbonyl (C=O) groups is 2. The molecule has 0 bridgehead atoms. The highest BCUT2D eigenvalue weighted by molar-refractivity contribution is 5.95. The normalized spacial score (nSPS) is 15.0. The lowest BCUT2D eigenvalue weighted by Gasteiger charge is -2.28. The number of nitrogens with zero attached hydrogens (tertiary/aromatic N) is 5. The minimum absolute atomic E-state index is 0.00666. The number of rotatable bonds is 4. The molecule has 0 spiro atoms. The quantitative estimate of drug-likeness (QED) is 0.442. The first-order valence-electron chi connectivity index (χ1n) is 13.0. The number of para-hydroxylation sites is 1. The van der Waals surface area contributed by atoms with Crippen LogP contribution >= 0.6 is 0 Å². The minimum Gasteiger partial charge on any atom is -0.333 e. The van der Waals surface area contributed by atoms with E-state index in [-0.39, 0.29) is 11.8 Å². The number of nitrogens with one attached hydrogen (secondary N) is 1. The number of aromatic nitrogens is 3. The van der Waals surface area contributed by atoms with Gasteiger partial charge in [0.05, 0.1) is 0 Å². The van der Waals surface area contributed by atoms with E-state index in [9.17, 15) is 9.59 Å². The van der Waals surface area contributed by atoms with E-state index in [4.69, 9.17) is 0 Å². The summed E-state index contributed by atoms with van der Waals surface area (Å²) in [4.78, 5) is 36.8. The second-order valence-electron chi connectivity index (χ2n) is 9.55. The summed E-state index contributed by atoms with van der Waals surface area (Å²) >= 11 is 0. The van der Waals surface area contributed by atoms with Gasteiger partial charge in [-0.1, -0.05) is 60.7 Å². The van der Waals surface area contributed by atoms with Gasteiger partial charge < -0.3 is 9.80 Å². The molecule has 0 radical (unpaired) electrons. The van der Waals surface area contributed by atoms with E-state index in [0.717, 1.165) is 42.9 Å². The fraction of sp³-hybridized carbons (Fsp3) is 0.267. The van der Waals surface area contributed by atoms with Crippen LogP contribution in [-0.4, -0.2) is 63.0 Å². The zero-order chi connectivity index (χ0) is 26.3. The van der Waals surface area contributed by atoms with Gasteiger partial charge in [0.1, 0.15) is 6.33 Å². The number of carbonyl (C=O) groups excluding carboxylic acids is 2. The number of fused-ring (bicyclic) bond motifs is 1. The molecule has 5 rings (SSSR count). The highest BCUT2D eigenvalue weighted by atomic mass is 16.2. The largest absolute Gasteiger partial charge is 0.333 e. The fourth-order valence-electron chi connectivity index (χ4n) is 4.94. The van der Waals surface area contributed by atoms with Gasteiger partial charge in [0.25, 0.3) is 5.91 Å². The van der Waals surface area contributed by atoms with Gasteiger partial charge in [-0.25, -0.2) is 4.98 Å². The van der Waals surface area contributed by atoms with Crippen LogP contribution in [0.2, 0.25) is 0 Å². The Bertz CT molecular complexity index is 1360. The third-order valence-corrected chi connectivity index (χ3v) is 6.92. The van der Waals surface area contributed by atoms with Crippen molar-refractivity contribution in [3.8, 4) is 11.4 Å². The Morgan fingerprint density at radius 2 is 1.63 bits per heavy atom. The van der Waals surface area contributed by atoms with Crippen molar-refractivity contribution >= 4 is 17.5 Å². The van der Waals surface area contributed by atoms with E-state index in [2.05, 4.69) is 32.2 Å². The van der Waals surface area contributed by atoms with Crippen molar-refractivity contribution in [2.45, 2.75) is 26.4 Å². The molecule has 8 heteroatoms. The van der Waals surface area contributed by atoms with Crippen molar-refractivity contribution in [1.29, 1.82) is 0 Å². The van der Waals surface area contributed by atoms with Crippen LogP contribution in [0, 0.1) is 0 Å². The number of hydrogen-bond acceptors (Lipinski definition) is 5. The Morgan fingerprint density at radius 1 is 0.868 bits per heavy atom. The molecule has 0 saturated heterocycles. The number of H-pyrrole nitrogens is 1. The van der Waals surface area contributed by atoms with Crippen molar-refractivity contribution in [3.05, 3.63) is 102 Å². The number of hydrogen-bond donors (Lipinski definition) is 1. The third kappa shape index (κ3) is 5.98. The van der Waals surface area contributed by atoms with Crippen molar-refractivity contribution in [3.63, 3.8) is 0 Å². The summed E-state index contributed by atoms with van der Waals surface area (Å²) in [7, 11) is 0. The molecule has 1 aromatic heterocycles. The maximum atomic E-state index is 13.8. The van der Waals surface area contributed by atoms with Crippen molar-refractivity contribution in [2.24, 2.45) is 0 Å². The Kier molecular flexibility index (Phi) is 7.89. The molecule has 0 aliphatic carbocycles. The average Bonchev–Trinajstić information content (AvgIpc) is 3.48. The molecule has 38 heavy (non-hydrogen) atoms. The lowest BCUT2D eigenvalue weighted by Crippen LogP contribution is -2.38. The summed E-state index contributed by atoms with van der Waals surface area (Å²) in [5.41, 5.74) is 4.54. The first-order valence-corrected chi connectivity index (χ1v) is 13.0. The standard InChI is InChI=1S/C30H32N6O2/c1-23(37)36-17-7-16-34(20-24-8-3-2-4-9-24)18-19-35(21-27-10-5-6-11-28(27)36)30(38)26-14-12-25(13-15-26)29-31-22-32-33-29/h2-6,8-15,22H,7,16-21H2,1H3,(H,31,32,33). The Balaban J connectivity index is 1.44. The van der Waals surface area contributed by atoms with Gasteiger partial charge in [-0.15, -0.1) is 0 Å². The number of amides is 2. The second kappa shape index (κ2) is 11.8. The van der Waals surface area contributed by atoms with Crippen LogP contribution in [0.4, 0.5) is 5.69 Å². The van der Waals surface area contributed by atoms with Gasteiger partial charge in [-0.3, -0.25) is 19.6 Å². The molecule has 0 atom stereocenters. The topological polar surface area (TPSA) is 85.4 Å². The van der Waals surface area contributed by atoms with Crippen molar-refractivity contribution < 1.29 is 9.59 Å². The first kappa shape index (κ1) is 25.4. The Hall–Kier alpha value is -4.30. The molecule has 1 N–H and O–H groups in total. The highest BCUT2D eigenvalue weighted by Crippen LogP contribution is 2.25. The van der Waals surface area contributed by atoms with Gasteiger partial charge in [0, 0.05) is 63.0 Å². The van der Waals surface area contributed by atoms with E-state index >= 15 is 0 Å². The molecule has 4 aromatic rings. The molecular formula is C30H32N6O2. The molecule has 8 nitrogen and oxygen atoms in total. The van der Waals surface area contributed by atoms with Gasteiger partial charge >= 0.3 is 0 Å². The van der Waals surface area contributed by atoms with Crippen molar-refractivity contribution in [2.75, 3.05) is 31.1 Å². The van der Waals surface area contributed by atoms with Crippen LogP contribution in [0.3, 0.4) is 0 Å². The Morgan fingerprint density at radius 3 is 2.37 bits per heavy atom. The van der Waals surface area contributed by atoms with E-state index < -0.39 is 0 Å². The summed E-state index contributed by atoms with van der Waals surface area (Å²) in [6, 6.07) is 25.7. The van der Waals surface area contributed by atoms with Crippen LogP contribution in [0.5, 0.6) is 0 Å². The molecule has 0 fully saturated rings. The number of benzene rings is 3. The van der Waals surface area contributed by atoms with Crippen LogP contribution in [0.25, 0.3) is 11.4 Å². The minimum atomic E-state index is -0.0443. The van der Waals surface area contributed by atoms with Crippen LogP contribution in [-0.2, 0) is 17.9 Å².